The Bertz CT molecular complexity index is 339. The molecule has 0 bridgehead atoms. The lowest BCUT2D eigenvalue weighted by molar-refractivity contribution is 0.617. The van der Waals surface area contributed by atoms with Crippen molar-refractivity contribution in [3.05, 3.63) is 17.5 Å². The topological polar surface area (TPSA) is 41.1 Å². The van der Waals surface area contributed by atoms with Crippen LogP contribution in [0.15, 0.2) is 12.5 Å². The molecule has 0 amide bonds. The third-order valence-corrected chi connectivity index (χ3v) is 3.13. The average molecular weight is 241 g/mol. The number of aromatic nitrogens is 2. The fourth-order valence-electron chi connectivity index (χ4n) is 2.13. The van der Waals surface area contributed by atoms with E-state index in [0.717, 1.165) is 38.3 Å². The van der Waals surface area contributed by atoms with Crippen LogP contribution in [0.5, 0.6) is 0 Å². The number of nitrogens with zero attached hydrogens (tertiary/aromatic N) is 3. The molecule has 4 nitrogen and oxygen atoms in total. The molecule has 1 atom stereocenters. The van der Waals surface area contributed by atoms with E-state index in [2.05, 4.69) is 27.1 Å². The van der Waals surface area contributed by atoms with Crippen molar-refractivity contribution in [2.45, 2.75) is 25.8 Å². The van der Waals surface area contributed by atoms with Crippen LogP contribution in [0, 0.1) is 0 Å². The van der Waals surface area contributed by atoms with E-state index in [9.17, 15) is 0 Å². The largest absolute Gasteiger partial charge is 0.351 e. The van der Waals surface area contributed by atoms with Crippen molar-refractivity contribution in [1.29, 1.82) is 0 Å². The molecule has 0 aliphatic carbocycles. The first-order valence-corrected chi connectivity index (χ1v) is 6.13. The molecule has 2 heterocycles. The van der Waals surface area contributed by atoms with Gasteiger partial charge in [-0.3, -0.25) is 0 Å². The lowest BCUT2D eigenvalue weighted by Gasteiger charge is -2.29. The molecule has 1 unspecified atom stereocenters. The summed E-state index contributed by atoms with van der Waals surface area (Å²) in [5.41, 5.74) is 0. The molecule has 1 aliphatic heterocycles. The van der Waals surface area contributed by atoms with E-state index < -0.39 is 0 Å². The molecule has 0 radical (unpaired) electrons. The summed E-state index contributed by atoms with van der Waals surface area (Å²) in [5.74, 6) is 0.868. The zero-order valence-corrected chi connectivity index (χ0v) is 10.2. The highest BCUT2D eigenvalue weighted by Crippen LogP contribution is 2.25. The van der Waals surface area contributed by atoms with Gasteiger partial charge in [0.05, 0.1) is 6.20 Å². The maximum Gasteiger partial charge on any atom is 0.151 e. The molecule has 2 rings (SSSR count). The standard InChI is InChI=1S/C11H17ClN4/c1-2-5-16(9-3-4-13-6-9)11-10(12)7-14-8-15-11/h7-9,13H,2-6H2,1H3. The maximum atomic E-state index is 6.15. The van der Waals surface area contributed by atoms with Crippen LogP contribution in [0.2, 0.25) is 5.02 Å². The third kappa shape index (κ3) is 2.44. The summed E-state index contributed by atoms with van der Waals surface area (Å²) in [6.07, 6.45) is 5.47. The van der Waals surface area contributed by atoms with Gasteiger partial charge in [-0.2, -0.15) is 0 Å². The Kier molecular flexibility index (Phi) is 3.96. The van der Waals surface area contributed by atoms with E-state index in [4.69, 9.17) is 11.6 Å². The first kappa shape index (κ1) is 11.6. The Morgan fingerprint density at radius 3 is 3.12 bits per heavy atom. The van der Waals surface area contributed by atoms with Gasteiger partial charge in [0.25, 0.3) is 0 Å². The smallest absolute Gasteiger partial charge is 0.151 e. The summed E-state index contributed by atoms with van der Waals surface area (Å²) in [6, 6.07) is 0.507. The number of hydrogen-bond acceptors (Lipinski definition) is 4. The minimum absolute atomic E-state index is 0.507. The Labute approximate surface area is 101 Å². The third-order valence-electron chi connectivity index (χ3n) is 2.86. The van der Waals surface area contributed by atoms with Crippen LogP contribution in [-0.4, -0.2) is 35.6 Å². The van der Waals surface area contributed by atoms with Gasteiger partial charge in [-0.25, -0.2) is 9.97 Å². The number of hydrogen-bond donors (Lipinski definition) is 1. The van der Waals surface area contributed by atoms with E-state index >= 15 is 0 Å². The molecule has 1 fully saturated rings. The fraction of sp³-hybridized carbons (Fsp3) is 0.636. The van der Waals surface area contributed by atoms with Gasteiger partial charge in [0, 0.05) is 19.1 Å². The first-order valence-electron chi connectivity index (χ1n) is 5.75. The zero-order valence-electron chi connectivity index (χ0n) is 9.49. The molecule has 88 valence electrons. The van der Waals surface area contributed by atoms with Crippen molar-refractivity contribution in [3.63, 3.8) is 0 Å². The molecule has 0 saturated carbocycles. The second kappa shape index (κ2) is 5.46. The number of anilines is 1. The van der Waals surface area contributed by atoms with Gasteiger partial charge < -0.3 is 10.2 Å². The Morgan fingerprint density at radius 1 is 1.62 bits per heavy atom. The first-order chi connectivity index (χ1) is 7.83. The molecule has 1 aromatic heterocycles. The predicted octanol–water partition coefficient (Wildman–Crippen LogP) is 1.71. The van der Waals surface area contributed by atoms with Crippen LogP contribution in [0.4, 0.5) is 5.82 Å². The summed E-state index contributed by atoms with van der Waals surface area (Å²) in [7, 11) is 0. The predicted molar refractivity (Wildman–Crippen MR) is 66.0 cm³/mol. The second-order valence-corrected chi connectivity index (χ2v) is 4.44. The SMILES string of the molecule is CCCN(c1ncncc1Cl)C1CCNC1. The van der Waals surface area contributed by atoms with Crippen molar-refractivity contribution in [1.82, 2.24) is 15.3 Å². The van der Waals surface area contributed by atoms with Crippen molar-refractivity contribution >= 4 is 17.4 Å². The monoisotopic (exact) mass is 240 g/mol. The Morgan fingerprint density at radius 2 is 2.50 bits per heavy atom. The zero-order chi connectivity index (χ0) is 11.4. The Hall–Kier alpha value is -0.870. The van der Waals surface area contributed by atoms with Gasteiger partial charge in [0.15, 0.2) is 5.82 Å². The molecule has 0 aromatic carbocycles. The number of rotatable bonds is 4. The molecule has 1 saturated heterocycles. The fourth-order valence-corrected chi connectivity index (χ4v) is 2.34. The van der Waals surface area contributed by atoms with Crippen molar-refractivity contribution < 1.29 is 0 Å². The Balaban J connectivity index is 2.21. The normalized spacial score (nSPS) is 20.0. The lowest BCUT2D eigenvalue weighted by atomic mass is 10.2. The summed E-state index contributed by atoms with van der Waals surface area (Å²) in [6.45, 7) is 5.25. The number of halogens is 1. The van der Waals surface area contributed by atoms with Crippen molar-refractivity contribution in [2.75, 3.05) is 24.5 Å². The second-order valence-electron chi connectivity index (χ2n) is 4.03. The summed E-state index contributed by atoms with van der Waals surface area (Å²) >= 11 is 6.15. The highest BCUT2D eigenvalue weighted by atomic mass is 35.5. The van der Waals surface area contributed by atoms with Crippen LogP contribution in [-0.2, 0) is 0 Å². The quantitative estimate of drug-likeness (QED) is 0.870. The van der Waals surface area contributed by atoms with Crippen LogP contribution >= 0.6 is 11.6 Å². The van der Waals surface area contributed by atoms with Crippen molar-refractivity contribution in [3.8, 4) is 0 Å². The van der Waals surface area contributed by atoms with Gasteiger partial charge in [-0.05, 0) is 19.4 Å². The maximum absolute atomic E-state index is 6.15. The highest BCUT2D eigenvalue weighted by Gasteiger charge is 2.24. The van der Waals surface area contributed by atoms with E-state index in [1.165, 1.54) is 0 Å². The highest BCUT2D eigenvalue weighted by molar-refractivity contribution is 6.32. The van der Waals surface area contributed by atoms with Gasteiger partial charge in [-0.1, -0.05) is 18.5 Å². The van der Waals surface area contributed by atoms with Gasteiger partial charge in [0.2, 0.25) is 0 Å². The van der Waals surface area contributed by atoms with Gasteiger partial charge in [-0.15, -0.1) is 0 Å². The van der Waals surface area contributed by atoms with Gasteiger partial charge >= 0.3 is 0 Å². The van der Waals surface area contributed by atoms with E-state index in [1.54, 1.807) is 12.5 Å². The number of nitrogens with one attached hydrogen (secondary N) is 1. The minimum atomic E-state index is 0.507. The molecule has 1 aromatic rings. The van der Waals surface area contributed by atoms with Crippen LogP contribution in [0.25, 0.3) is 0 Å². The van der Waals surface area contributed by atoms with Crippen LogP contribution in [0.3, 0.4) is 0 Å². The molecular formula is C11H17ClN4. The molecule has 1 N–H and O–H groups in total. The van der Waals surface area contributed by atoms with E-state index in [1.807, 2.05) is 0 Å². The summed E-state index contributed by atoms with van der Waals surface area (Å²) in [4.78, 5) is 10.5. The molecule has 5 heteroatoms. The summed E-state index contributed by atoms with van der Waals surface area (Å²) in [5, 5.41) is 4.01. The minimum Gasteiger partial charge on any atom is -0.351 e. The van der Waals surface area contributed by atoms with Crippen molar-refractivity contribution in [2.24, 2.45) is 0 Å². The van der Waals surface area contributed by atoms with Crippen LogP contribution < -0.4 is 10.2 Å². The molecular weight excluding hydrogens is 224 g/mol. The van der Waals surface area contributed by atoms with Gasteiger partial charge in [0.1, 0.15) is 11.3 Å². The summed E-state index contributed by atoms with van der Waals surface area (Å²) < 4.78 is 0. The lowest BCUT2D eigenvalue weighted by Crippen LogP contribution is -2.38. The van der Waals surface area contributed by atoms with Crippen LogP contribution in [0.1, 0.15) is 19.8 Å². The van der Waals surface area contributed by atoms with E-state index in [-0.39, 0.29) is 0 Å². The molecule has 1 aliphatic rings. The molecule has 16 heavy (non-hydrogen) atoms. The average Bonchev–Trinajstić information content (AvgIpc) is 2.80. The van der Waals surface area contributed by atoms with E-state index in [0.29, 0.717) is 11.1 Å². The molecule has 0 spiro atoms.